The maximum atomic E-state index is 5.61. The van der Waals surface area contributed by atoms with Crippen LogP contribution in [0, 0.1) is 0 Å². The van der Waals surface area contributed by atoms with Crippen LogP contribution in [0.4, 0.5) is 0 Å². The number of thioether (sulfide) groups is 1. The fraction of sp³-hybridized carbons (Fsp3) is 0.571. The van der Waals surface area contributed by atoms with Crippen molar-refractivity contribution in [3.8, 4) is 0 Å². The number of nitrogens with one attached hydrogen (secondary N) is 1. The number of hydrogen-bond donors (Lipinski definition) is 1. The Hall–Kier alpha value is -0.550. The Kier molecular flexibility index (Phi) is 5.50. The Morgan fingerprint density at radius 2 is 2.11 bits per heavy atom. The third kappa shape index (κ3) is 3.99. The van der Waals surface area contributed by atoms with E-state index >= 15 is 0 Å². The highest BCUT2D eigenvalue weighted by molar-refractivity contribution is 7.98. The summed E-state index contributed by atoms with van der Waals surface area (Å²) in [6, 6.07) is 9.03. The predicted molar refractivity (Wildman–Crippen MR) is 75.2 cm³/mol. The Bertz CT molecular complexity index is 349. The van der Waals surface area contributed by atoms with E-state index in [1.165, 1.54) is 10.5 Å². The van der Waals surface area contributed by atoms with Crippen LogP contribution in [0.25, 0.3) is 0 Å². The summed E-state index contributed by atoms with van der Waals surface area (Å²) < 4.78 is 11.0. The number of hydrogen-bond acceptors (Lipinski definition) is 4. The summed E-state index contributed by atoms with van der Waals surface area (Å²) in [5.41, 5.74) is 1.31. The van der Waals surface area contributed by atoms with Crippen molar-refractivity contribution in [2.75, 3.05) is 32.6 Å². The van der Waals surface area contributed by atoms with Gasteiger partial charge in [-0.25, -0.2) is 0 Å². The van der Waals surface area contributed by atoms with Crippen molar-refractivity contribution in [2.45, 2.75) is 24.0 Å². The van der Waals surface area contributed by atoms with Gasteiger partial charge in [0.1, 0.15) is 0 Å². The molecule has 0 saturated carbocycles. The fourth-order valence-electron chi connectivity index (χ4n) is 1.97. The maximum absolute atomic E-state index is 5.61. The van der Waals surface area contributed by atoms with Crippen LogP contribution in [-0.2, 0) is 9.47 Å². The molecule has 3 nitrogen and oxygen atoms in total. The molecule has 4 heteroatoms. The van der Waals surface area contributed by atoms with Crippen LogP contribution in [0.3, 0.4) is 0 Å². The average Bonchev–Trinajstić information content (AvgIpc) is 2.46. The molecule has 0 bridgehead atoms. The molecule has 1 aromatic carbocycles. The Morgan fingerprint density at radius 3 is 2.72 bits per heavy atom. The monoisotopic (exact) mass is 267 g/mol. The predicted octanol–water partition coefficient (Wildman–Crippen LogP) is 2.47. The van der Waals surface area contributed by atoms with Crippen molar-refractivity contribution in [1.29, 1.82) is 0 Å². The highest BCUT2D eigenvalue weighted by Gasteiger charge is 2.15. The van der Waals surface area contributed by atoms with E-state index < -0.39 is 0 Å². The quantitative estimate of drug-likeness (QED) is 0.830. The van der Waals surface area contributed by atoms with Gasteiger partial charge in [0.25, 0.3) is 0 Å². The molecule has 1 aliphatic heterocycles. The van der Waals surface area contributed by atoms with Gasteiger partial charge in [0.2, 0.25) is 0 Å². The lowest BCUT2D eigenvalue weighted by Gasteiger charge is -2.25. The standard InChI is InChI=1S/C14H21NO2S/c1-11(12-3-5-14(18-2)6-4-12)15-9-13-10-16-7-8-17-13/h3-6,11,13,15H,7-10H2,1-2H3. The van der Waals surface area contributed by atoms with Gasteiger partial charge in [-0.15, -0.1) is 11.8 Å². The van der Waals surface area contributed by atoms with Gasteiger partial charge >= 0.3 is 0 Å². The van der Waals surface area contributed by atoms with E-state index in [4.69, 9.17) is 9.47 Å². The molecule has 0 amide bonds. The molecule has 0 radical (unpaired) electrons. The summed E-state index contributed by atoms with van der Waals surface area (Å²) in [6.07, 6.45) is 2.28. The minimum atomic E-state index is 0.187. The normalized spacial score (nSPS) is 21.8. The van der Waals surface area contributed by atoms with Crippen molar-refractivity contribution < 1.29 is 9.47 Å². The van der Waals surface area contributed by atoms with Crippen molar-refractivity contribution in [2.24, 2.45) is 0 Å². The second-order valence-electron chi connectivity index (χ2n) is 4.47. The number of ether oxygens (including phenoxy) is 2. The fourth-order valence-corrected chi connectivity index (χ4v) is 2.38. The smallest absolute Gasteiger partial charge is 0.0933 e. The zero-order chi connectivity index (χ0) is 12.8. The Labute approximate surface area is 113 Å². The summed E-state index contributed by atoms with van der Waals surface area (Å²) in [6.45, 7) is 5.15. The van der Waals surface area contributed by atoms with Gasteiger partial charge in [-0.2, -0.15) is 0 Å². The lowest BCUT2D eigenvalue weighted by atomic mass is 10.1. The Morgan fingerprint density at radius 1 is 1.33 bits per heavy atom. The van der Waals surface area contributed by atoms with Crippen LogP contribution in [0.5, 0.6) is 0 Å². The molecule has 1 N–H and O–H groups in total. The molecule has 2 atom stereocenters. The van der Waals surface area contributed by atoms with Gasteiger partial charge in [0.15, 0.2) is 0 Å². The SMILES string of the molecule is CSc1ccc(C(C)NCC2COCCO2)cc1. The highest BCUT2D eigenvalue weighted by atomic mass is 32.2. The van der Waals surface area contributed by atoms with Crippen LogP contribution in [0.15, 0.2) is 29.2 Å². The molecule has 18 heavy (non-hydrogen) atoms. The van der Waals surface area contributed by atoms with Crippen molar-refractivity contribution >= 4 is 11.8 Å². The van der Waals surface area contributed by atoms with E-state index in [9.17, 15) is 0 Å². The molecule has 2 unspecified atom stereocenters. The van der Waals surface area contributed by atoms with E-state index in [2.05, 4.69) is 42.8 Å². The second kappa shape index (κ2) is 7.14. The number of benzene rings is 1. The van der Waals surface area contributed by atoms with Crippen LogP contribution in [0.2, 0.25) is 0 Å². The van der Waals surface area contributed by atoms with E-state index in [-0.39, 0.29) is 6.10 Å². The molecule has 1 saturated heterocycles. The summed E-state index contributed by atoms with van der Waals surface area (Å²) in [4.78, 5) is 1.30. The van der Waals surface area contributed by atoms with Gasteiger partial charge in [-0.05, 0) is 30.9 Å². The zero-order valence-corrected chi connectivity index (χ0v) is 11.8. The summed E-state index contributed by atoms with van der Waals surface area (Å²) >= 11 is 1.77. The third-order valence-electron chi connectivity index (χ3n) is 3.15. The van der Waals surface area contributed by atoms with Gasteiger partial charge < -0.3 is 14.8 Å². The van der Waals surface area contributed by atoms with Crippen molar-refractivity contribution in [3.05, 3.63) is 29.8 Å². The van der Waals surface area contributed by atoms with E-state index in [1.54, 1.807) is 11.8 Å². The average molecular weight is 267 g/mol. The van der Waals surface area contributed by atoms with Crippen molar-refractivity contribution in [3.63, 3.8) is 0 Å². The highest BCUT2D eigenvalue weighted by Crippen LogP contribution is 2.18. The van der Waals surface area contributed by atoms with Gasteiger partial charge in [0.05, 0.1) is 25.9 Å². The molecule has 1 aromatic rings. The molecule has 0 aliphatic carbocycles. The summed E-state index contributed by atoms with van der Waals surface area (Å²) in [5, 5.41) is 3.49. The molecule has 2 rings (SSSR count). The number of rotatable bonds is 5. The van der Waals surface area contributed by atoms with Crippen molar-refractivity contribution in [1.82, 2.24) is 5.32 Å². The maximum Gasteiger partial charge on any atom is 0.0933 e. The molecule has 0 spiro atoms. The summed E-state index contributed by atoms with van der Waals surface area (Å²) in [5.74, 6) is 0. The first-order valence-corrected chi connectivity index (χ1v) is 7.58. The minimum absolute atomic E-state index is 0.187. The molecule has 0 aromatic heterocycles. The molecule has 100 valence electrons. The van der Waals surface area contributed by atoms with Crippen LogP contribution in [-0.4, -0.2) is 38.7 Å². The second-order valence-corrected chi connectivity index (χ2v) is 5.35. The van der Waals surface area contributed by atoms with Gasteiger partial charge in [-0.1, -0.05) is 12.1 Å². The third-order valence-corrected chi connectivity index (χ3v) is 3.90. The minimum Gasteiger partial charge on any atom is -0.376 e. The first kappa shape index (κ1) is 13.9. The first-order valence-electron chi connectivity index (χ1n) is 6.36. The van der Waals surface area contributed by atoms with E-state index in [0.29, 0.717) is 19.3 Å². The zero-order valence-electron chi connectivity index (χ0n) is 11.0. The molecular weight excluding hydrogens is 246 g/mol. The van der Waals surface area contributed by atoms with Gasteiger partial charge in [0, 0.05) is 17.5 Å². The van der Waals surface area contributed by atoms with E-state index in [1.807, 2.05) is 0 Å². The van der Waals surface area contributed by atoms with Crippen LogP contribution < -0.4 is 5.32 Å². The van der Waals surface area contributed by atoms with E-state index in [0.717, 1.165) is 13.2 Å². The molecule has 1 heterocycles. The summed E-state index contributed by atoms with van der Waals surface area (Å²) in [7, 11) is 0. The van der Waals surface area contributed by atoms with Crippen LogP contribution in [0.1, 0.15) is 18.5 Å². The lowest BCUT2D eigenvalue weighted by Crippen LogP contribution is -2.38. The Balaban J connectivity index is 1.80. The molecule has 1 aliphatic rings. The molecule has 1 fully saturated rings. The lowest BCUT2D eigenvalue weighted by molar-refractivity contribution is -0.0869. The van der Waals surface area contributed by atoms with Crippen LogP contribution >= 0.6 is 11.8 Å². The first-order chi connectivity index (χ1) is 8.79. The largest absolute Gasteiger partial charge is 0.376 e. The van der Waals surface area contributed by atoms with Gasteiger partial charge in [-0.3, -0.25) is 0 Å². The topological polar surface area (TPSA) is 30.5 Å². The molecular formula is C14H21NO2S.